The van der Waals surface area contributed by atoms with Crippen molar-refractivity contribution in [1.29, 1.82) is 0 Å². The van der Waals surface area contributed by atoms with Crippen molar-refractivity contribution < 1.29 is 4.79 Å². The van der Waals surface area contributed by atoms with E-state index in [1.54, 1.807) is 0 Å². The smallest absolute Gasteiger partial charge is 0.225 e. The van der Waals surface area contributed by atoms with Gasteiger partial charge in [-0.1, -0.05) is 58.9 Å². The number of likely N-dealkylation sites (tertiary alicyclic amines) is 1. The van der Waals surface area contributed by atoms with Gasteiger partial charge in [0.05, 0.1) is 6.04 Å². The van der Waals surface area contributed by atoms with Gasteiger partial charge in [0.15, 0.2) is 0 Å². The highest BCUT2D eigenvalue weighted by Gasteiger charge is 2.43. The van der Waals surface area contributed by atoms with E-state index < -0.39 is 0 Å². The number of nitrogens with zero attached hydrogens (tertiary/aromatic N) is 2. The Labute approximate surface area is 178 Å². The van der Waals surface area contributed by atoms with Crippen LogP contribution in [0.1, 0.15) is 90.8 Å². The van der Waals surface area contributed by atoms with Gasteiger partial charge in [-0.25, -0.2) is 0 Å². The van der Waals surface area contributed by atoms with Gasteiger partial charge in [-0.05, 0) is 80.6 Å². The predicted octanol–water partition coefficient (Wildman–Crippen LogP) is 5.80. The molecule has 1 fully saturated rings. The molecule has 0 unspecified atom stereocenters. The highest BCUT2D eigenvalue weighted by Crippen LogP contribution is 2.49. The van der Waals surface area contributed by atoms with E-state index in [1.807, 2.05) is 13.8 Å². The SMILES string of the molecule is CCN(C(=O)C(C)C)[C@H]1CCC2(CCN(CCC(C)(C)C)CC2)c2ccccc21. The summed E-state index contributed by atoms with van der Waals surface area (Å²) in [4.78, 5) is 17.7. The Hall–Kier alpha value is -1.35. The van der Waals surface area contributed by atoms with Gasteiger partial charge in [0, 0.05) is 12.5 Å². The lowest BCUT2D eigenvalue weighted by Crippen LogP contribution is -2.47. The normalized spacial score (nSPS) is 22.0. The van der Waals surface area contributed by atoms with E-state index in [9.17, 15) is 4.79 Å². The molecule has 1 aromatic carbocycles. The fourth-order valence-corrected chi connectivity index (χ4v) is 5.38. The van der Waals surface area contributed by atoms with E-state index >= 15 is 0 Å². The van der Waals surface area contributed by atoms with Gasteiger partial charge in [-0.2, -0.15) is 0 Å². The number of carbonyl (C=O) groups excluding carboxylic acids is 1. The van der Waals surface area contributed by atoms with E-state index in [2.05, 4.69) is 61.8 Å². The minimum Gasteiger partial charge on any atom is -0.336 e. The molecule has 1 aromatic rings. The largest absolute Gasteiger partial charge is 0.336 e. The summed E-state index contributed by atoms with van der Waals surface area (Å²) in [6.45, 7) is 17.6. The number of benzene rings is 1. The third kappa shape index (κ3) is 4.87. The molecule has 3 nitrogen and oxygen atoms in total. The number of hydrogen-bond donors (Lipinski definition) is 0. The van der Waals surface area contributed by atoms with Gasteiger partial charge in [0.1, 0.15) is 0 Å². The fourth-order valence-electron chi connectivity index (χ4n) is 5.38. The first-order valence-electron chi connectivity index (χ1n) is 11.8. The van der Waals surface area contributed by atoms with E-state index in [0.717, 1.165) is 13.0 Å². The second-order valence-corrected chi connectivity index (χ2v) is 10.9. The van der Waals surface area contributed by atoms with Gasteiger partial charge in [0.2, 0.25) is 5.91 Å². The molecule has 1 spiro atoms. The molecular formula is C26H42N2O. The van der Waals surface area contributed by atoms with Gasteiger partial charge in [0.25, 0.3) is 0 Å². The lowest BCUT2D eigenvalue weighted by atomic mass is 9.63. The Morgan fingerprint density at radius 2 is 1.83 bits per heavy atom. The summed E-state index contributed by atoms with van der Waals surface area (Å²) in [6, 6.07) is 9.27. The second kappa shape index (κ2) is 8.79. The molecule has 29 heavy (non-hydrogen) atoms. The molecule has 1 atom stereocenters. The first-order chi connectivity index (χ1) is 13.7. The van der Waals surface area contributed by atoms with Crippen LogP contribution in [-0.4, -0.2) is 41.9 Å². The summed E-state index contributed by atoms with van der Waals surface area (Å²) in [6.07, 6.45) is 6.09. The highest BCUT2D eigenvalue weighted by atomic mass is 16.2. The summed E-state index contributed by atoms with van der Waals surface area (Å²) in [5, 5.41) is 0. The quantitative estimate of drug-likeness (QED) is 0.626. The van der Waals surface area contributed by atoms with Crippen molar-refractivity contribution in [2.45, 2.75) is 85.1 Å². The number of hydrogen-bond acceptors (Lipinski definition) is 2. The van der Waals surface area contributed by atoms with Crippen molar-refractivity contribution in [2.24, 2.45) is 11.3 Å². The average Bonchev–Trinajstić information content (AvgIpc) is 2.69. The third-order valence-electron chi connectivity index (χ3n) is 7.27. The zero-order valence-electron chi connectivity index (χ0n) is 19.6. The predicted molar refractivity (Wildman–Crippen MR) is 122 cm³/mol. The second-order valence-electron chi connectivity index (χ2n) is 10.9. The van der Waals surface area contributed by atoms with Crippen LogP contribution in [0.3, 0.4) is 0 Å². The zero-order chi connectivity index (χ0) is 21.2. The zero-order valence-corrected chi connectivity index (χ0v) is 19.6. The maximum absolute atomic E-state index is 12.9. The van der Waals surface area contributed by atoms with E-state index in [1.165, 1.54) is 56.4 Å². The molecule has 1 aliphatic heterocycles. The molecule has 3 rings (SSSR count). The number of piperidine rings is 1. The first kappa shape index (κ1) is 22.3. The average molecular weight is 399 g/mol. The van der Waals surface area contributed by atoms with Crippen LogP contribution < -0.4 is 0 Å². The van der Waals surface area contributed by atoms with Gasteiger partial charge >= 0.3 is 0 Å². The standard InChI is InChI=1S/C26H42N2O/c1-7-28(24(29)20(2)3)23-12-13-26(22-11-9-8-10-21(22)23)15-18-27(19-16-26)17-14-25(4,5)6/h8-11,20,23H,7,12-19H2,1-6H3/t23-/m0/s1. The third-order valence-corrected chi connectivity index (χ3v) is 7.27. The van der Waals surface area contributed by atoms with Crippen LogP contribution in [0.2, 0.25) is 0 Å². The molecule has 3 heteroatoms. The summed E-state index contributed by atoms with van der Waals surface area (Å²) in [7, 11) is 0. The van der Waals surface area contributed by atoms with Gasteiger partial charge in [-0.3, -0.25) is 4.79 Å². The van der Waals surface area contributed by atoms with Crippen molar-refractivity contribution in [3.05, 3.63) is 35.4 Å². The summed E-state index contributed by atoms with van der Waals surface area (Å²) < 4.78 is 0. The Bertz CT molecular complexity index is 695. The van der Waals surface area contributed by atoms with Crippen LogP contribution in [0, 0.1) is 11.3 Å². The molecule has 1 amide bonds. The minimum atomic E-state index is 0.0593. The van der Waals surface area contributed by atoms with E-state index in [-0.39, 0.29) is 12.0 Å². The van der Waals surface area contributed by atoms with Crippen molar-refractivity contribution in [3.8, 4) is 0 Å². The lowest BCUT2D eigenvalue weighted by Gasteiger charge is -2.49. The summed E-state index contributed by atoms with van der Waals surface area (Å²) >= 11 is 0. The molecule has 0 bridgehead atoms. The topological polar surface area (TPSA) is 23.6 Å². The van der Waals surface area contributed by atoms with Crippen LogP contribution in [-0.2, 0) is 10.2 Å². The molecule has 1 heterocycles. The molecule has 0 N–H and O–H groups in total. The molecule has 0 saturated carbocycles. The van der Waals surface area contributed by atoms with Crippen LogP contribution in [0.4, 0.5) is 0 Å². The summed E-state index contributed by atoms with van der Waals surface area (Å²) in [5.74, 6) is 0.351. The maximum atomic E-state index is 12.9. The van der Waals surface area contributed by atoms with E-state index in [4.69, 9.17) is 0 Å². The first-order valence-corrected chi connectivity index (χ1v) is 11.8. The maximum Gasteiger partial charge on any atom is 0.225 e. The Morgan fingerprint density at radius 3 is 2.41 bits per heavy atom. The number of amides is 1. The van der Waals surface area contributed by atoms with Crippen LogP contribution in [0.25, 0.3) is 0 Å². The molecule has 0 radical (unpaired) electrons. The van der Waals surface area contributed by atoms with Crippen molar-refractivity contribution in [3.63, 3.8) is 0 Å². The van der Waals surface area contributed by atoms with Crippen LogP contribution in [0.5, 0.6) is 0 Å². The summed E-state index contributed by atoms with van der Waals surface area (Å²) in [5.41, 5.74) is 3.66. The molecule has 162 valence electrons. The lowest BCUT2D eigenvalue weighted by molar-refractivity contribution is -0.137. The molecule has 1 saturated heterocycles. The Balaban J connectivity index is 1.79. The van der Waals surface area contributed by atoms with Crippen molar-refractivity contribution in [1.82, 2.24) is 9.80 Å². The molecule has 1 aliphatic carbocycles. The van der Waals surface area contributed by atoms with Crippen LogP contribution in [0.15, 0.2) is 24.3 Å². The minimum absolute atomic E-state index is 0.0593. The fraction of sp³-hybridized carbons (Fsp3) is 0.731. The number of rotatable bonds is 5. The van der Waals surface area contributed by atoms with Gasteiger partial charge in [-0.15, -0.1) is 0 Å². The molecule has 0 aromatic heterocycles. The van der Waals surface area contributed by atoms with Crippen molar-refractivity contribution >= 4 is 5.91 Å². The number of carbonyl (C=O) groups is 1. The molecule has 2 aliphatic rings. The Kier molecular flexibility index (Phi) is 6.77. The molecular weight excluding hydrogens is 356 g/mol. The van der Waals surface area contributed by atoms with Gasteiger partial charge < -0.3 is 9.80 Å². The number of fused-ring (bicyclic) bond motifs is 2. The highest BCUT2D eigenvalue weighted by molar-refractivity contribution is 5.78. The van der Waals surface area contributed by atoms with E-state index in [0.29, 0.717) is 16.7 Å². The Morgan fingerprint density at radius 1 is 1.17 bits per heavy atom. The van der Waals surface area contributed by atoms with Crippen molar-refractivity contribution in [2.75, 3.05) is 26.2 Å². The van der Waals surface area contributed by atoms with Crippen LogP contribution >= 0.6 is 0 Å². The monoisotopic (exact) mass is 398 g/mol.